The summed E-state index contributed by atoms with van der Waals surface area (Å²) in [6, 6.07) is 5.84. The Morgan fingerprint density at radius 1 is 1.40 bits per heavy atom. The summed E-state index contributed by atoms with van der Waals surface area (Å²) in [6.07, 6.45) is 1.76. The molecule has 0 aliphatic rings. The molecule has 0 amide bonds. The number of hydrogen-bond acceptors (Lipinski definition) is 4. The predicted molar refractivity (Wildman–Crippen MR) is 57.5 cm³/mol. The monoisotopic (exact) mass is 203 g/mol. The third-order valence-electron chi connectivity index (χ3n) is 2.12. The van der Waals surface area contributed by atoms with Crippen LogP contribution in [0.1, 0.15) is 17.0 Å². The average Bonchev–Trinajstić information content (AvgIpc) is 2.63. The molecule has 0 fully saturated rings. The minimum atomic E-state index is 0.610. The molecule has 0 atom stereocenters. The summed E-state index contributed by atoms with van der Waals surface area (Å²) < 4.78 is 5.09. The molecule has 0 radical (unpaired) electrons. The van der Waals surface area contributed by atoms with Crippen LogP contribution in [0.2, 0.25) is 0 Å². The van der Waals surface area contributed by atoms with E-state index in [4.69, 9.17) is 4.52 Å². The number of aromatic nitrogens is 2. The van der Waals surface area contributed by atoms with Crippen molar-refractivity contribution in [2.45, 2.75) is 20.4 Å². The molecule has 2 rings (SSSR count). The first kappa shape index (κ1) is 9.71. The lowest BCUT2D eigenvalue weighted by atomic mass is 10.3. The first-order chi connectivity index (χ1) is 7.25. The molecule has 4 nitrogen and oxygen atoms in total. The maximum absolute atomic E-state index is 5.09. The highest BCUT2D eigenvalue weighted by Crippen LogP contribution is 2.11. The molecule has 78 valence electrons. The van der Waals surface area contributed by atoms with Crippen molar-refractivity contribution in [3.05, 3.63) is 41.4 Å². The number of pyridine rings is 1. The van der Waals surface area contributed by atoms with Gasteiger partial charge >= 0.3 is 0 Å². The van der Waals surface area contributed by atoms with Crippen LogP contribution in [0, 0.1) is 13.8 Å². The summed E-state index contributed by atoms with van der Waals surface area (Å²) >= 11 is 0. The van der Waals surface area contributed by atoms with Crippen LogP contribution in [0.3, 0.4) is 0 Å². The third-order valence-corrected chi connectivity index (χ3v) is 2.12. The minimum Gasteiger partial charge on any atom is -0.362 e. The molecule has 2 aromatic rings. The maximum atomic E-state index is 5.09. The second-order valence-electron chi connectivity index (χ2n) is 3.46. The van der Waals surface area contributed by atoms with Crippen molar-refractivity contribution >= 4 is 5.82 Å². The molecule has 1 N–H and O–H groups in total. The van der Waals surface area contributed by atoms with Gasteiger partial charge in [0.05, 0.1) is 12.2 Å². The lowest BCUT2D eigenvalue weighted by Crippen LogP contribution is -2.01. The van der Waals surface area contributed by atoms with Gasteiger partial charge in [0.1, 0.15) is 5.82 Å². The Hall–Kier alpha value is -1.84. The van der Waals surface area contributed by atoms with Gasteiger partial charge in [-0.05, 0) is 25.5 Å². The van der Waals surface area contributed by atoms with Crippen molar-refractivity contribution in [2.75, 3.05) is 5.32 Å². The topological polar surface area (TPSA) is 51.0 Å². The minimum absolute atomic E-state index is 0.610. The number of nitrogens with one attached hydrogen (secondary N) is 1. The molecule has 0 saturated heterocycles. The van der Waals surface area contributed by atoms with Gasteiger partial charge in [-0.3, -0.25) is 0 Å². The molecule has 0 saturated carbocycles. The van der Waals surface area contributed by atoms with Gasteiger partial charge in [-0.2, -0.15) is 0 Å². The molecular formula is C11H13N3O. The molecule has 2 heterocycles. The lowest BCUT2D eigenvalue weighted by molar-refractivity contribution is 0.384. The average molecular weight is 203 g/mol. The van der Waals surface area contributed by atoms with Gasteiger partial charge < -0.3 is 9.84 Å². The lowest BCUT2D eigenvalue weighted by Gasteiger charge is -2.05. The highest BCUT2D eigenvalue weighted by molar-refractivity contribution is 5.42. The van der Waals surface area contributed by atoms with Crippen molar-refractivity contribution in [1.29, 1.82) is 0 Å². The summed E-state index contributed by atoms with van der Waals surface area (Å²) in [5.74, 6) is 1.70. The van der Waals surface area contributed by atoms with E-state index >= 15 is 0 Å². The zero-order valence-corrected chi connectivity index (χ0v) is 8.82. The fourth-order valence-corrected chi connectivity index (χ4v) is 1.34. The quantitative estimate of drug-likeness (QED) is 0.831. The SMILES string of the molecule is Cc1cc(CNc2ncccc2C)on1. The zero-order chi connectivity index (χ0) is 10.7. The van der Waals surface area contributed by atoms with E-state index in [0.29, 0.717) is 6.54 Å². The van der Waals surface area contributed by atoms with Crippen molar-refractivity contribution in [1.82, 2.24) is 10.1 Å². The van der Waals surface area contributed by atoms with E-state index in [2.05, 4.69) is 15.5 Å². The fourth-order valence-electron chi connectivity index (χ4n) is 1.34. The highest BCUT2D eigenvalue weighted by Gasteiger charge is 2.02. The fraction of sp³-hybridized carbons (Fsp3) is 0.273. The molecular weight excluding hydrogens is 190 g/mol. The Balaban J connectivity index is 2.02. The summed E-state index contributed by atoms with van der Waals surface area (Å²) in [4.78, 5) is 4.23. The van der Waals surface area contributed by atoms with E-state index in [9.17, 15) is 0 Å². The van der Waals surface area contributed by atoms with Crippen LogP contribution < -0.4 is 5.32 Å². The van der Waals surface area contributed by atoms with Crippen molar-refractivity contribution in [2.24, 2.45) is 0 Å². The Bertz CT molecular complexity index is 451. The van der Waals surface area contributed by atoms with Crippen molar-refractivity contribution < 1.29 is 4.52 Å². The number of anilines is 1. The predicted octanol–water partition coefficient (Wildman–Crippen LogP) is 2.30. The summed E-state index contributed by atoms with van der Waals surface area (Å²) in [6.45, 7) is 4.53. The summed E-state index contributed by atoms with van der Waals surface area (Å²) in [5, 5.41) is 7.01. The molecule has 0 aliphatic heterocycles. The van der Waals surface area contributed by atoms with Crippen LogP contribution in [0.4, 0.5) is 5.82 Å². The Morgan fingerprint density at radius 3 is 2.93 bits per heavy atom. The van der Waals surface area contributed by atoms with Gasteiger partial charge in [-0.25, -0.2) is 4.98 Å². The van der Waals surface area contributed by atoms with Crippen LogP contribution in [0.5, 0.6) is 0 Å². The number of rotatable bonds is 3. The molecule has 0 aromatic carbocycles. The highest BCUT2D eigenvalue weighted by atomic mass is 16.5. The Morgan fingerprint density at radius 2 is 2.27 bits per heavy atom. The van der Waals surface area contributed by atoms with Crippen LogP contribution in [-0.4, -0.2) is 10.1 Å². The zero-order valence-electron chi connectivity index (χ0n) is 8.82. The van der Waals surface area contributed by atoms with Crippen LogP contribution in [0.15, 0.2) is 28.9 Å². The summed E-state index contributed by atoms with van der Waals surface area (Å²) in [7, 11) is 0. The van der Waals surface area contributed by atoms with Gasteiger partial charge in [0.25, 0.3) is 0 Å². The van der Waals surface area contributed by atoms with Gasteiger partial charge in [0.15, 0.2) is 5.76 Å². The third kappa shape index (κ3) is 2.34. The molecule has 4 heteroatoms. The molecule has 15 heavy (non-hydrogen) atoms. The van der Waals surface area contributed by atoms with Crippen LogP contribution >= 0.6 is 0 Å². The van der Waals surface area contributed by atoms with Crippen LogP contribution in [0.25, 0.3) is 0 Å². The molecule has 0 bridgehead atoms. The molecule has 2 aromatic heterocycles. The second kappa shape index (κ2) is 4.13. The van der Waals surface area contributed by atoms with Crippen LogP contribution in [-0.2, 0) is 6.54 Å². The van der Waals surface area contributed by atoms with E-state index in [1.165, 1.54) is 0 Å². The van der Waals surface area contributed by atoms with E-state index in [1.54, 1.807) is 6.20 Å². The number of nitrogens with zero attached hydrogens (tertiary/aromatic N) is 2. The van der Waals surface area contributed by atoms with Gasteiger partial charge in [-0.1, -0.05) is 11.2 Å². The largest absolute Gasteiger partial charge is 0.362 e. The van der Waals surface area contributed by atoms with Gasteiger partial charge in [-0.15, -0.1) is 0 Å². The first-order valence-corrected chi connectivity index (χ1v) is 4.83. The standard InChI is InChI=1S/C11H13N3O/c1-8-4-3-5-12-11(8)13-7-10-6-9(2)14-15-10/h3-6H,7H2,1-2H3,(H,12,13). The van der Waals surface area contributed by atoms with Crippen molar-refractivity contribution in [3.8, 4) is 0 Å². The molecule has 0 unspecified atom stereocenters. The molecule has 0 spiro atoms. The number of hydrogen-bond donors (Lipinski definition) is 1. The van der Waals surface area contributed by atoms with E-state index in [0.717, 1.165) is 22.8 Å². The molecule has 0 aliphatic carbocycles. The first-order valence-electron chi connectivity index (χ1n) is 4.83. The van der Waals surface area contributed by atoms with E-state index < -0.39 is 0 Å². The smallest absolute Gasteiger partial charge is 0.156 e. The Kier molecular flexibility index (Phi) is 2.67. The van der Waals surface area contributed by atoms with Gasteiger partial charge in [0.2, 0.25) is 0 Å². The van der Waals surface area contributed by atoms with E-state index in [1.807, 2.05) is 32.0 Å². The summed E-state index contributed by atoms with van der Waals surface area (Å²) in [5.41, 5.74) is 2.01. The van der Waals surface area contributed by atoms with E-state index in [-0.39, 0.29) is 0 Å². The normalized spacial score (nSPS) is 10.3. The van der Waals surface area contributed by atoms with Gasteiger partial charge in [0, 0.05) is 12.3 Å². The number of aryl methyl sites for hydroxylation is 2. The second-order valence-corrected chi connectivity index (χ2v) is 3.46. The van der Waals surface area contributed by atoms with Crippen molar-refractivity contribution in [3.63, 3.8) is 0 Å². The Labute approximate surface area is 88.3 Å². The maximum Gasteiger partial charge on any atom is 0.156 e.